The zero-order chi connectivity index (χ0) is 11.7. The average molecular weight is 217 g/mol. The van der Waals surface area contributed by atoms with Crippen LogP contribution in [0.4, 0.5) is 0 Å². The van der Waals surface area contributed by atoms with Crippen LogP contribution in [0.2, 0.25) is 0 Å². The summed E-state index contributed by atoms with van der Waals surface area (Å²) in [6, 6.07) is 24.6. The normalized spacial score (nSPS) is 10.6. The summed E-state index contributed by atoms with van der Waals surface area (Å²) in [4.78, 5) is 0. The Morgan fingerprint density at radius 3 is 2.41 bits per heavy atom. The Hall–Kier alpha value is -2.08. The molecule has 0 fully saturated rings. The predicted octanol–water partition coefficient (Wildman–Crippen LogP) is 4.62. The maximum Gasteiger partial charge on any atom is -0.00142 e. The lowest BCUT2D eigenvalue weighted by Gasteiger charge is -2.06. The quantitative estimate of drug-likeness (QED) is 0.558. The van der Waals surface area contributed by atoms with Gasteiger partial charge in [-0.2, -0.15) is 0 Å². The van der Waals surface area contributed by atoms with Gasteiger partial charge in [0.1, 0.15) is 0 Å². The molecule has 3 rings (SSSR count). The lowest BCUT2D eigenvalue weighted by atomic mass is 9.98. The third-order valence-corrected chi connectivity index (χ3v) is 3.09. The Balaban J connectivity index is 2.22. The molecule has 0 aliphatic rings. The van der Waals surface area contributed by atoms with Gasteiger partial charge in [-0.05, 0) is 40.5 Å². The van der Waals surface area contributed by atoms with Gasteiger partial charge in [-0.15, -0.1) is 0 Å². The molecule has 0 amide bonds. The molecular formula is C17H13. The summed E-state index contributed by atoms with van der Waals surface area (Å²) in [5.41, 5.74) is 3.72. The van der Waals surface area contributed by atoms with Gasteiger partial charge in [-0.3, -0.25) is 0 Å². The van der Waals surface area contributed by atoms with Gasteiger partial charge in [0, 0.05) is 0 Å². The SMILES string of the molecule is Cc1ccccc1-c1[c]c2ccccc2cc1. The van der Waals surface area contributed by atoms with Crippen LogP contribution >= 0.6 is 0 Å². The molecule has 0 aromatic heterocycles. The smallest absolute Gasteiger partial charge is 0.00142 e. The van der Waals surface area contributed by atoms with Crippen LogP contribution in [-0.4, -0.2) is 0 Å². The summed E-state index contributed by atoms with van der Waals surface area (Å²) in [6.07, 6.45) is 0. The molecule has 0 heteroatoms. The topological polar surface area (TPSA) is 0 Å². The number of fused-ring (bicyclic) bond motifs is 1. The van der Waals surface area contributed by atoms with E-state index in [1.54, 1.807) is 0 Å². The minimum absolute atomic E-state index is 1.17. The first-order valence-corrected chi connectivity index (χ1v) is 5.82. The van der Waals surface area contributed by atoms with E-state index in [0.29, 0.717) is 0 Å². The van der Waals surface area contributed by atoms with E-state index in [4.69, 9.17) is 0 Å². The van der Waals surface area contributed by atoms with Gasteiger partial charge in [0.2, 0.25) is 0 Å². The number of rotatable bonds is 1. The summed E-state index contributed by atoms with van der Waals surface area (Å²) < 4.78 is 0. The Morgan fingerprint density at radius 2 is 1.53 bits per heavy atom. The highest BCUT2D eigenvalue weighted by molar-refractivity contribution is 5.86. The molecule has 0 heterocycles. The maximum absolute atomic E-state index is 3.48. The van der Waals surface area contributed by atoms with Crippen LogP contribution in [0.1, 0.15) is 5.56 Å². The molecule has 3 aromatic carbocycles. The van der Waals surface area contributed by atoms with Crippen LogP contribution in [0, 0.1) is 13.0 Å². The van der Waals surface area contributed by atoms with E-state index >= 15 is 0 Å². The van der Waals surface area contributed by atoms with Crippen molar-refractivity contribution in [3.63, 3.8) is 0 Å². The van der Waals surface area contributed by atoms with Crippen molar-refractivity contribution in [3.05, 3.63) is 72.3 Å². The van der Waals surface area contributed by atoms with Crippen LogP contribution in [0.5, 0.6) is 0 Å². The molecule has 0 bridgehead atoms. The van der Waals surface area contributed by atoms with Crippen LogP contribution in [-0.2, 0) is 0 Å². The number of benzene rings is 3. The fourth-order valence-corrected chi connectivity index (χ4v) is 2.15. The van der Waals surface area contributed by atoms with Gasteiger partial charge >= 0.3 is 0 Å². The molecule has 0 aliphatic heterocycles. The molecule has 0 saturated heterocycles. The van der Waals surface area contributed by atoms with Gasteiger partial charge in [-0.1, -0.05) is 60.7 Å². The maximum atomic E-state index is 3.48. The first-order chi connectivity index (χ1) is 8.34. The summed E-state index contributed by atoms with van der Waals surface area (Å²) in [7, 11) is 0. The van der Waals surface area contributed by atoms with E-state index in [1.807, 2.05) is 0 Å². The summed E-state index contributed by atoms with van der Waals surface area (Å²) in [5, 5.41) is 2.41. The highest BCUT2D eigenvalue weighted by Crippen LogP contribution is 2.25. The lowest BCUT2D eigenvalue weighted by molar-refractivity contribution is 1.46. The predicted molar refractivity (Wildman–Crippen MR) is 73.0 cm³/mol. The molecule has 0 aliphatic carbocycles. The van der Waals surface area contributed by atoms with Crippen molar-refractivity contribution in [2.45, 2.75) is 6.92 Å². The second-order valence-corrected chi connectivity index (χ2v) is 4.27. The average Bonchev–Trinajstić information content (AvgIpc) is 2.39. The van der Waals surface area contributed by atoms with E-state index in [0.717, 1.165) is 0 Å². The van der Waals surface area contributed by atoms with E-state index in [1.165, 1.54) is 27.5 Å². The Bertz CT molecular complexity index is 665. The molecular weight excluding hydrogens is 204 g/mol. The number of hydrogen-bond acceptors (Lipinski definition) is 0. The van der Waals surface area contributed by atoms with Gasteiger partial charge in [0.25, 0.3) is 0 Å². The van der Waals surface area contributed by atoms with Crippen molar-refractivity contribution in [2.24, 2.45) is 0 Å². The minimum Gasteiger partial charge on any atom is -0.0620 e. The Kier molecular flexibility index (Phi) is 2.41. The van der Waals surface area contributed by atoms with E-state index in [-0.39, 0.29) is 0 Å². The summed E-state index contributed by atoms with van der Waals surface area (Å²) in [5.74, 6) is 0. The van der Waals surface area contributed by atoms with Crippen molar-refractivity contribution < 1.29 is 0 Å². The van der Waals surface area contributed by atoms with Crippen LogP contribution in [0.25, 0.3) is 21.9 Å². The molecule has 0 atom stereocenters. The summed E-state index contributed by atoms with van der Waals surface area (Å²) >= 11 is 0. The van der Waals surface area contributed by atoms with Crippen molar-refractivity contribution in [1.82, 2.24) is 0 Å². The minimum atomic E-state index is 1.17. The van der Waals surface area contributed by atoms with Crippen molar-refractivity contribution in [1.29, 1.82) is 0 Å². The Labute approximate surface area is 102 Å². The molecule has 0 saturated carbocycles. The first kappa shape index (κ1) is 10.1. The molecule has 3 aromatic rings. The molecule has 1 radical (unpaired) electrons. The molecule has 0 spiro atoms. The number of aryl methyl sites for hydroxylation is 1. The number of hydrogen-bond donors (Lipinski definition) is 0. The fourth-order valence-electron chi connectivity index (χ4n) is 2.15. The monoisotopic (exact) mass is 217 g/mol. The van der Waals surface area contributed by atoms with Gasteiger partial charge in [0.15, 0.2) is 0 Å². The van der Waals surface area contributed by atoms with Crippen LogP contribution in [0.15, 0.2) is 60.7 Å². The molecule has 0 nitrogen and oxygen atoms in total. The molecule has 0 unspecified atom stereocenters. The highest BCUT2D eigenvalue weighted by atomic mass is 14.1. The van der Waals surface area contributed by atoms with Gasteiger partial charge in [0.05, 0.1) is 0 Å². The standard InChI is InChI=1S/C17H13/c1-13-6-2-5-9-17(13)16-11-10-14-7-3-4-8-15(14)12-16/h2-11H,1H3. The van der Waals surface area contributed by atoms with Crippen LogP contribution < -0.4 is 0 Å². The van der Waals surface area contributed by atoms with Crippen molar-refractivity contribution in [3.8, 4) is 11.1 Å². The van der Waals surface area contributed by atoms with E-state index in [9.17, 15) is 0 Å². The zero-order valence-electron chi connectivity index (χ0n) is 9.77. The third-order valence-electron chi connectivity index (χ3n) is 3.09. The zero-order valence-corrected chi connectivity index (χ0v) is 9.77. The second-order valence-electron chi connectivity index (χ2n) is 4.27. The Morgan fingerprint density at radius 1 is 0.765 bits per heavy atom. The molecule has 0 N–H and O–H groups in total. The third kappa shape index (κ3) is 1.83. The van der Waals surface area contributed by atoms with Crippen molar-refractivity contribution >= 4 is 10.8 Å². The fraction of sp³-hybridized carbons (Fsp3) is 0.0588. The molecule has 17 heavy (non-hydrogen) atoms. The van der Waals surface area contributed by atoms with E-state index < -0.39 is 0 Å². The summed E-state index contributed by atoms with van der Waals surface area (Å²) in [6.45, 7) is 2.14. The van der Waals surface area contributed by atoms with Gasteiger partial charge in [-0.25, -0.2) is 0 Å². The van der Waals surface area contributed by atoms with Crippen molar-refractivity contribution in [2.75, 3.05) is 0 Å². The highest BCUT2D eigenvalue weighted by Gasteiger charge is 2.02. The van der Waals surface area contributed by atoms with E-state index in [2.05, 4.69) is 73.7 Å². The first-order valence-electron chi connectivity index (χ1n) is 5.82. The second kappa shape index (κ2) is 4.06. The largest absolute Gasteiger partial charge is 0.0620 e. The lowest BCUT2D eigenvalue weighted by Crippen LogP contribution is -1.83. The molecule has 81 valence electrons. The van der Waals surface area contributed by atoms with Crippen LogP contribution in [0.3, 0.4) is 0 Å². The van der Waals surface area contributed by atoms with Gasteiger partial charge < -0.3 is 0 Å².